The highest BCUT2D eigenvalue weighted by atomic mass is 16.2. The Hall–Kier alpha value is -1.79. The molecule has 2 N–H and O–H groups in total. The first kappa shape index (κ1) is 15.6. The van der Waals surface area contributed by atoms with E-state index in [1.807, 2.05) is 19.1 Å². The van der Waals surface area contributed by atoms with Gasteiger partial charge in [-0.3, -0.25) is 4.79 Å². The number of amides is 1. The van der Waals surface area contributed by atoms with Crippen molar-refractivity contribution in [1.82, 2.24) is 5.32 Å². The van der Waals surface area contributed by atoms with E-state index >= 15 is 0 Å². The number of nitrogens with one attached hydrogen (secondary N) is 1. The number of benzene rings is 1. The highest BCUT2D eigenvalue weighted by Crippen LogP contribution is 2.34. The summed E-state index contributed by atoms with van der Waals surface area (Å²) in [6.07, 6.45) is 4.66. The molecule has 21 heavy (non-hydrogen) atoms. The van der Waals surface area contributed by atoms with Crippen LogP contribution < -0.4 is 5.32 Å². The van der Waals surface area contributed by atoms with Crippen LogP contribution in [0.15, 0.2) is 18.2 Å². The van der Waals surface area contributed by atoms with Crippen molar-refractivity contribution >= 4 is 5.91 Å². The van der Waals surface area contributed by atoms with E-state index < -0.39 is 0 Å². The molecule has 1 aromatic carbocycles. The SMILES string of the molecule is CCC(CC1CC1)NC(=O)c1ccc(C)c(C#CCO)c1. The summed E-state index contributed by atoms with van der Waals surface area (Å²) < 4.78 is 0. The third kappa shape index (κ3) is 4.61. The molecule has 3 nitrogen and oxygen atoms in total. The van der Waals surface area contributed by atoms with Gasteiger partial charge in [0.15, 0.2) is 0 Å². The molecule has 0 spiro atoms. The van der Waals surface area contributed by atoms with Gasteiger partial charge >= 0.3 is 0 Å². The first-order valence-corrected chi connectivity index (χ1v) is 7.65. The van der Waals surface area contributed by atoms with Gasteiger partial charge in [0.05, 0.1) is 0 Å². The molecule has 1 unspecified atom stereocenters. The normalized spacial score (nSPS) is 15.0. The summed E-state index contributed by atoms with van der Waals surface area (Å²) in [5.74, 6) is 6.29. The van der Waals surface area contributed by atoms with Crippen molar-refractivity contribution < 1.29 is 9.90 Å². The average molecular weight is 285 g/mol. The van der Waals surface area contributed by atoms with Gasteiger partial charge in [-0.2, -0.15) is 0 Å². The Morgan fingerprint density at radius 2 is 2.24 bits per heavy atom. The van der Waals surface area contributed by atoms with Gasteiger partial charge < -0.3 is 10.4 Å². The minimum atomic E-state index is -0.171. The molecule has 1 aromatic rings. The summed E-state index contributed by atoms with van der Waals surface area (Å²) in [6.45, 7) is 3.89. The van der Waals surface area contributed by atoms with Crippen LogP contribution in [0.25, 0.3) is 0 Å². The van der Waals surface area contributed by atoms with Gasteiger partial charge in [-0.1, -0.05) is 37.7 Å². The van der Waals surface area contributed by atoms with Crippen molar-refractivity contribution in [2.24, 2.45) is 5.92 Å². The van der Waals surface area contributed by atoms with Crippen LogP contribution in [0.4, 0.5) is 0 Å². The molecule has 2 rings (SSSR count). The molecular weight excluding hydrogens is 262 g/mol. The molecule has 0 saturated heterocycles. The second-order valence-corrected chi connectivity index (χ2v) is 5.75. The van der Waals surface area contributed by atoms with E-state index in [0.29, 0.717) is 5.56 Å². The molecule has 0 bridgehead atoms. The van der Waals surface area contributed by atoms with E-state index in [1.165, 1.54) is 12.8 Å². The van der Waals surface area contributed by atoms with Crippen molar-refractivity contribution in [3.8, 4) is 11.8 Å². The van der Waals surface area contributed by atoms with E-state index in [0.717, 1.165) is 29.9 Å². The first-order chi connectivity index (χ1) is 10.1. The van der Waals surface area contributed by atoms with Crippen LogP contribution in [-0.2, 0) is 0 Å². The van der Waals surface area contributed by atoms with Crippen LogP contribution in [0.1, 0.15) is 54.1 Å². The fourth-order valence-electron chi connectivity index (χ4n) is 2.38. The van der Waals surface area contributed by atoms with Crippen molar-refractivity contribution in [1.29, 1.82) is 0 Å². The minimum absolute atomic E-state index is 0.0328. The minimum Gasteiger partial charge on any atom is -0.384 e. The van der Waals surface area contributed by atoms with Gasteiger partial charge in [0, 0.05) is 17.2 Å². The van der Waals surface area contributed by atoms with Gasteiger partial charge in [0.25, 0.3) is 5.91 Å². The van der Waals surface area contributed by atoms with E-state index in [9.17, 15) is 4.79 Å². The maximum absolute atomic E-state index is 12.3. The zero-order valence-corrected chi connectivity index (χ0v) is 12.8. The molecule has 112 valence electrons. The van der Waals surface area contributed by atoms with Crippen molar-refractivity contribution in [3.63, 3.8) is 0 Å². The lowest BCUT2D eigenvalue weighted by Crippen LogP contribution is -2.34. The fraction of sp³-hybridized carbons (Fsp3) is 0.500. The Bertz CT molecular complexity index is 564. The smallest absolute Gasteiger partial charge is 0.251 e. The molecule has 0 aliphatic heterocycles. The second-order valence-electron chi connectivity index (χ2n) is 5.75. The van der Waals surface area contributed by atoms with E-state index in [2.05, 4.69) is 24.1 Å². The third-order valence-corrected chi connectivity index (χ3v) is 3.94. The summed E-state index contributed by atoms with van der Waals surface area (Å²) in [6, 6.07) is 5.80. The lowest BCUT2D eigenvalue weighted by atomic mass is 10.0. The molecule has 1 fully saturated rings. The standard InChI is InChI=1S/C18H23NO2/c1-3-17(11-14-7-8-14)19-18(21)16-9-6-13(2)15(12-16)5-4-10-20/h6,9,12,14,17,20H,3,7-8,10-11H2,1-2H3,(H,19,21). The zero-order valence-electron chi connectivity index (χ0n) is 12.8. The van der Waals surface area contributed by atoms with Crippen LogP contribution in [0, 0.1) is 24.7 Å². The van der Waals surface area contributed by atoms with Gasteiger partial charge in [-0.05, 0) is 43.4 Å². The Kier molecular flexibility index (Phi) is 5.41. The Morgan fingerprint density at radius 3 is 2.86 bits per heavy atom. The fourth-order valence-corrected chi connectivity index (χ4v) is 2.38. The van der Waals surface area contributed by atoms with E-state index in [-0.39, 0.29) is 18.6 Å². The largest absolute Gasteiger partial charge is 0.384 e. The van der Waals surface area contributed by atoms with E-state index in [1.54, 1.807) is 6.07 Å². The van der Waals surface area contributed by atoms with Crippen LogP contribution in [0.3, 0.4) is 0 Å². The predicted octanol–water partition coefficient (Wildman–Crippen LogP) is 2.65. The van der Waals surface area contributed by atoms with Crippen molar-refractivity contribution in [2.75, 3.05) is 6.61 Å². The molecule has 1 amide bonds. The van der Waals surface area contributed by atoms with Crippen molar-refractivity contribution in [2.45, 2.75) is 45.6 Å². The molecule has 1 aliphatic carbocycles. The highest BCUT2D eigenvalue weighted by molar-refractivity contribution is 5.94. The first-order valence-electron chi connectivity index (χ1n) is 7.65. The maximum atomic E-state index is 12.3. The van der Waals surface area contributed by atoms with Gasteiger partial charge in [-0.15, -0.1) is 0 Å². The van der Waals surface area contributed by atoms with Gasteiger partial charge in [-0.25, -0.2) is 0 Å². The predicted molar refractivity (Wildman–Crippen MR) is 84.0 cm³/mol. The molecule has 1 saturated carbocycles. The average Bonchev–Trinajstić information content (AvgIpc) is 3.29. The molecule has 1 atom stereocenters. The summed E-state index contributed by atoms with van der Waals surface area (Å²) >= 11 is 0. The third-order valence-electron chi connectivity index (χ3n) is 3.94. The molecular formula is C18H23NO2. The number of aliphatic hydroxyl groups excluding tert-OH is 1. The van der Waals surface area contributed by atoms with Crippen LogP contribution in [0.2, 0.25) is 0 Å². The maximum Gasteiger partial charge on any atom is 0.251 e. The molecule has 0 radical (unpaired) electrons. The molecule has 1 aliphatic rings. The lowest BCUT2D eigenvalue weighted by molar-refractivity contribution is 0.0932. The van der Waals surface area contributed by atoms with E-state index in [4.69, 9.17) is 5.11 Å². The molecule has 0 heterocycles. The van der Waals surface area contributed by atoms with Crippen molar-refractivity contribution in [3.05, 3.63) is 34.9 Å². The number of aliphatic hydroxyl groups is 1. The molecule has 3 heteroatoms. The number of rotatable bonds is 5. The highest BCUT2D eigenvalue weighted by Gasteiger charge is 2.25. The van der Waals surface area contributed by atoms with Crippen LogP contribution in [0.5, 0.6) is 0 Å². The Balaban J connectivity index is 2.07. The Labute approximate surface area is 126 Å². The number of hydrogen-bond donors (Lipinski definition) is 2. The van der Waals surface area contributed by atoms with Gasteiger partial charge in [0.1, 0.15) is 6.61 Å². The topological polar surface area (TPSA) is 49.3 Å². The summed E-state index contributed by atoms with van der Waals surface area (Å²) in [7, 11) is 0. The van der Waals surface area contributed by atoms with Crippen LogP contribution >= 0.6 is 0 Å². The summed E-state index contributed by atoms with van der Waals surface area (Å²) in [5.41, 5.74) is 2.45. The molecule has 0 aromatic heterocycles. The van der Waals surface area contributed by atoms with Gasteiger partial charge in [0.2, 0.25) is 0 Å². The zero-order chi connectivity index (χ0) is 15.2. The second kappa shape index (κ2) is 7.28. The van der Waals surface area contributed by atoms with Crippen LogP contribution in [-0.4, -0.2) is 23.7 Å². The number of carbonyl (C=O) groups is 1. The summed E-state index contributed by atoms with van der Waals surface area (Å²) in [4.78, 5) is 12.3. The number of carbonyl (C=O) groups excluding carboxylic acids is 1. The Morgan fingerprint density at radius 1 is 1.48 bits per heavy atom. The lowest BCUT2D eigenvalue weighted by Gasteiger charge is -2.17. The number of aryl methyl sites for hydroxylation is 1. The monoisotopic (exact) mass is 285 g/mol. The number of hydrogen-bond acceptors (Lipinski definition) is 2. The summed E-state index contributed by atoms with van der Waals surface area (Å²) in [5, 5.41) is 11.9. The quantitative estimate of drug-likeness (QED) is 0.817.